The highest BCUT2D eigenvalue weighted by molar-refractivity contribution is 7.89. The molecule has 1 saturated heterocycles. The van der Waals surface area contributed by atoms with Crippen LogP contribution in [0.25, 0.3) is 0 Å². The first-order valence-electron chi connectivity index (χ1n) is 9.29. The van der Waals surface area contributed by atoms with E-state index >= 15 is 0 Å². The van der Waals surface area contributed by atoms with Gasteiger partial charge in [-0.25, -0.2) is 13.1 Å². The quantitative estimate of drug-likeness (QED) is 0.642. The standard InChI is InChI=1S/C20H24ClN3O3S/c21-17-9-6-10-18(15-17)28(26,27)23-12-11-22-20(25)19(24-13-4-5-14-24)16-7-2-1-3-8-16/h1-3,6-10,15,19,23H,4-5,11-14H2,(H,22,25). The van der Waals surface area contributed by atoms with Crippen molar-refractivity contribution in [2.75, 3.05) is 26.2 Å². The second kappa shape index (κ2) is 9.52. The minimum atomic E-state index is -3.66. The Hall–Kier alpha value is -1.93. The second-order valence-electron chi connectivity index (χ2n) is 6.70. The first-order valence-corrected chi connectivity index (χ1v) is 11.2. The molecule has 150 valence electrons. The third-order valence-corrected chi connectivity index (χ3v) is 6.39. The molecule has 0 radical (unpaired) electrons. The van der Waals surface area contributed by atoms with Gasteiger partial charge in [-0.1, -0.05) is 48.0 Å². The smallest absolute Gasteiger partial charge is 0.242 e. The number of carbonyl (C=O) groups is 1. The fourth-order valence-corrected chi connectivity index (χ4v) is 4.68. The minimum absolute atomic E-state index is 0.0993. The summed E-state index contributed by atoms with van der Waals surface area (Å²) in [7, 11) is -3.66. The summed E-state index contributed by atoms with van der Waals surface area (Å²) in [4.78, 5) is 15.1. The summed E-state index contributed by atoms with van der Waals surface area (Å²) in [6.07, 6.45) is 2.16. The van der Waals surface area contributed by atoms with Gasteiger partial charge in [0.1, 0.15) is 6.04 Å². The lowest BCUT2D eigenvalue weighted by Gasteiger charge is -2.27. The van der Waals surface area contributed by atoms with E-state index in [-0.39, 0.29) is 29.9 Å². The van der Waals surface area contributed by atoms with Gasteiger partial charge in [0.15, 0.2) is 0 Å². The number of benzene rings is 2. The van der Waals surface area contributed by atoms with Crippen LogP contribution in [-0.4, -0.2) is 45.4 Å². The van der Waals surface area contributed by atoms with Crippen LogP contribution in [0.2, 0.25) is 5.02 Å². The molecular formula is C20H24ClN3O3S. The molecule has 8 heteroatoms. The first-order chi connectivity index (χ1) is 13.5. The summed E-state index contributed by atoms with van der Waals surface area (Å²) in [6, 6.07) is 15.4. The fraction of sp³-hybridized carbons (Fsp3) is 0.350. The predicted molar refractivity (Wildman–Crippen MR) is 110 cm³/mol. The van der Waals surface area contributed by atoms with Crippen LogP contribution >= 0.6 is 11.6 Å². The van der Waals surface area contributed by atoms with Crippen molar-refractivity contribution in [2.24, 2.45) is 0 Å². The highest BCUT2D eigenvalue weighted by Gasteiger charge is 2.29. The number of carbonyl (C=O) groups excluding carboxylic acids is 1. The number of sulfonamides is 1. The van der Waals surface area contributed by atoms with Crippen LogP contribution < -0.4 is 10.0 Å². The maximum Gasteiger partial charge on any atom is 0.242 e. The van der Waals surface area contributed by atoms with Gasteiger partial charge in [-0.3, -0.25) is 9.69 Å². The largest absolute Gasteiger partial charge is 0.353 e. The number of nitrogens with one attached hydrogen (secondary N) is 2. The Morgan fingerprint density at radius 1 is 1.04 bits per heavy atom. The Bertz CT molecular complexity index is 900. The molecule has 0 spiro atoms. The average Bonchev–Trinajstić information content (AvgIpc) is 3.20. The summed E-state index contributed by atoms with van der Waals surface area (Å²) >= 11 is 5.86. The Labute approximate surface area is 170 Å². The van der Waals surface area contributed by atoms with Crippen LogP contribution in [0, 0.1) is 0 Å². The molecule has 1 aliphatic rings. The van der Waals surface area contributed by atoms with Gasteiger partial charge in [-0.15, -0.1) is 0 Å². The van der Waals surface area contributed by atoms with E-state index in [1.807, 2.05) is 30.3 Å². The van der Waals surface area contributed by atoms with Crippen LogP contribution in [0.1, 0.15) is 24.4 Å². The van der Waals surface area contributed by atoms with Crippen LogP contribution in [-0.2, 0) is 14.8 Å². The van der Waals surface area contributed by atoms with Crippen molar-refractivity contribution < 1.29 is 13.2 Å². The molecule has 1 unspecified atom stereocenters. The van der Waals surface area contributed by atoms with Crippen LogP contribution in [0.4, 0.5) is 0 Å². The van der Waals surface area contributed by atoms with Gasteiger partial charge in [0.2, 0.25) is 15.9 Å². The van der Waals surface area contributed by atoms with E-state index in [2.05, 4.69) is 14.9 Å². The molecule has 0 bridgehead atoms. The molecule has 0 saturated carbocycles. The molecule has 1 atom stereocenters. The number of nitrogens with zero attached hydrogens (tertiary/aromatic N) is 1. The van der Waals surface area contributed by atoms with Crippen molar-refractivity contribution in [3.63, 3.8) is 0 Å². The van der Waals surface area contributed by atoms with Gasteiger partial charge in [0.25, 0.3) is 0 Å². The van der Waals surface area contributed by atoms with Crippen molar-refractivity contribution in [2.45, 2.75) is 23.8 Å². The normalized spacial score (nSPS) is 16.0. The number of hydrogen-bond donors (Lipinski definition) is 2. The highest BCUT2D eigenvalue weighted by Crippen LogP contribution is 2.25. The van der Waals surface area contributed by atoms with Gasteiger partial charge in [-0.05, 0) is 49.7 Å². The van der Waals surface area contributed by atoms with E-state index in [0.29, 0.717) is 5.02 Å². The lowest BCUT2D eigenvalue weighted by Crippen LogP contribution is -2.42. The van der Waals surface area contributed by atoms with E-state index in [0.717, 1.165) is 31.5 Å². The topological polar surface area (TPSA) is 78.5 Å². The molecule has 1 aliphatic heterocycles. The van der Waals surface area contributed by atoms with Crippen molar-refractivity contribution in [3.05, 3.63) is 65.2 Å². The summed E-state index contributed by atoms with van der Waals surface area (Å²) < 4.78 is 27.1. The molecule has 1 fully saturated rings. The van der Waals surface area contributed by atoms with Gasteiger partial charge in [0, 0.05) is 18.1 Å². The van der Waals surface area contributed by atoms with E-state index in [9.17, 15) is 13.2 Å². The molecular weight excluding hydrogens is 398 g/mol. The molecule has 2 aromatic carbocycles. The Kier molecular flexibility index (Phi) is 7.07. The SMILES string of the molecule is O=C(NCCNS(=O)(=O)c1cccc(Cl)c1)C(c1ccccc1)N1CCCC1. The van der Waals surface area contributed by atoms with Gasteiger partial charge in [-0.2, -0.15) is 0 Å². The third kappa shape index (κ3) is 5.32. The van der Waals surface area contributed by atoms with Crippen molar-refractivity contribution in [1.82, 2.24) is 14.9 Å². The molecule has 28 heavy (non-hydrogen) atoms. The fourth-order valence-electron chi connectivity index (χ4n) is 3.35. The Morgan fingerprint density at radius 3 is 2.43 bits per heavy atom. The van der Waals surface area contributed by atoms with Crippen LogP contribution in [0.15, 0.2) is 59.5 Å². The lowest BCUT2D eigenvalue weighted by atomic mass is 10.0. The zero-order valence-electron chi connectivity index (χ0n) is 15.5. The Morgan fingerprint density at radius 2 is 1.75 bits per heavy atom. The number of halogens is 1. The monoisotopic (exact) mass is 421 g/mol. The molecule has 1 heterocycles. The molecule has 1 amide bonds. The zero-order chi connectivity index (χ0) is 20.0. The predicted octanol–water partition coefficient (Wildman–Crippen LogP) is 2.57. The first kappa shape index (κ1) is 20.8. The third-order valence-electron chi connectivity index (χ3n) is 4.69. The number of rotatable bonds is 8. The van der Waals surface area contributed by atoms with Gasteiger partial charge >= 0.3 is 0 Å². The van der Waals surface area contributed by atoms with Crippen molar-refractivity contribution >= 4 is 27.5 Å². The lowest BCUT2D eigenvalue weighted by molar-refractivity contribution is -0.126. The molecule has 3 rings (SSSR count). The van der Waals surface area contributed by atoms with Crippen molar-refractivity contribution in [3.8, 4) is 0 Å². The second-order valence-corrected chi connectivity index (χ2v) is 8.91. The van der Waals surface area contributed by atoms with Crippen molar-refractivity contribution in [1.29, 1.82) is 0 Å². The van der Waals surface area contributed by atoms with Gasteiger partial charge < -0.3 is 5.32 Å². The molecule has 0 aliphatic carbocycles. The average molecular weight is 422 g/mol. The van der Waals surface area contributed by atoms with Crippen LogP contribution in [0.3, 0.4) is 0 Å². The maximum atomic E-state index is 12.8. The number of likely N-dealkylation sites (tertiary alicyclic amines) is 1. The van der Waals surface area contributed by atoms with Gasteiger partial charge in [0.05, 0.1) is 4.90 Å². The molecule has 2 aromatic rings. The molecule has 6 nitrogen and oxygen atoms in total. The Balaban J connectivity index is 1.57. The van der Waals surface area contributed by atoms with E-state index in [1.165, 1.54) is 12.1 Å². The molecule has 2 N–H and O–H groups in total. The maximum absolute atomic E-state index is 12.8. The highest BCUT2D eigenvalue weighted by atomic mass is 35.5. The summed E-state index contributed by atoms with van der Waals surface area (Å²) in [5, 5.41) is 3.21. The summed E-state index contributed by atoms with van der Waals surface area (Å²) in [5.74, 6) is -0.116. The molecule has 0 aromatic heterocycles. The van der Waals surface area contributed by atoms with Crippen LogP contribution in [0.5, 0.6) is 0 Å². The number of hydrogen-bond acceptors (Lipinski definition) is 4. The minimum Gasteiger partial charge on any atom is -0.353 e. The summed E-state index contributed by atoms with van der Waals surface area (Å²) in [5.41, 5.74) is 0.946. The van der Waals surface area contributed by atoms with E-state index in [4.69, 9.17) is 11.6 Å². The number of amides is 1. The van der Waals surface area contributed by atoms with E-state index in [1.54, 1.807) is 12.1 Å². The zero-order valence-corrected chi connectivity index (χ0v) is 17.0. The summed E-state index contributed by atoms with van der Waals surface area (Å²) in [6.45, 7) is 2.07. The van der Waals surface area contributed by atoms with E-state index < -0.39 is 10.0 Å².